The zero-order valence-electron chi connectivity index (χ0n) is 18.5. The largest absolute Gasteiger partial charge is 0.382 e. The summed E-state index contributed by atoms with van der Waals surface area (Å²) in [5.41, 5.74) is 3.38. The number of hydrogen-bond acceptors (Lipinski definition) is 5. The van der Waals surface area contributed by atoms with Gasteiger partial charge >= 0.3 is 0 Å². The van der Waals surface area contributed by atoms with Crippen molar-refractivity contribution in [3.8, 4) is 5.69 Å². The first-order valence-corrected chi connectivity index (χ1v) is 11.4. The third-order valence-corrected chi connectivity index (χ3v) is 6.23. The van der Waals surface area contributed by atoms with Gasteiger partial charge in [0.2, 0.25) is 5.91 Å². The minimum absolute atomic E-state index is 0.0866. The Kier molecular flexibility index (Phi) is 7.87. The van der Waals surface area contributed by atoms with E-state index in [0.717, 1.165) is 23.2 Å². The number of hydrogen-bond donors (Lipinski definition) is 1. The predicted octanol–water partition coefficient (Wildman–Crippen LogP) is 4.03. The first-order chi connectivity index (χ1) is 14.9. The summed E-state index contributed by atoms with van der Waals surface area (Å²) in [5, 5.41) is 3.60. The van der Waals surface area contributed by atoms with Crippen LogP contribution in [0.2, 0.25) is 0 Å². The number of rotatable bonds is 9. The second-order valence-electron chi connectivity index (χ2n) is 7.37. The van der Waals surface area contributed by atoms with Crippen molar-refractivity contribution in [1.29, 1.82) is 0 Å². The minimum Gasteiger partial charge on any atom is -0.382 e. The monoisotopic (exact) mass is 439 g/mol. The smallest absolute Gasteiger partial charge is 0.266 e. The number of thioether (sulfide) groups is 1. The molecule has 0 aliphatic carbocycles. The second kappa shape index (κ2) is 10.6. The zero-order chi connectivity index (χ0) is 22.4. The Balaban J connectivity index is 1.95. The molecule has 164 valence electrons. The molecule has 1 heterocycles. The van der Waals surface area contributed by atoms with Crippen molar-refractivity contribution in [2.75, 3.05) is 19.8 Å². The highest BCUT2D eigenvalue weighted by Gasteiger charge is 2.21. The van der Waals surface area contributed by atoms with E-state index in [1.807, 2.05) is 64.1 Å². The molecule has 31 heavy (non-hydrogen) atoms. The number of nitrogens with one attached hydrogen (secondary N) is 1. The van der Waals surface area contributed by atoms with Gasteiger partial charge in [0.1, 0.15) is 0 Å². The second-order valence-corrected chi connectivity index (χ2v) is 8.68. The summed E-state index contributed by atoms with van der Waals surface area (Å²) in [6.07, 6.45) is 0.762. The lowest BCUT2D eigenvalue weighted by atomic mass is 10.1. The third kappa shape index (κ3) is 5.35. The highest BCUT2D eigenvalue weighted by molar-refractivity contribution is 8.00. The average molecular weight is 440 g/mol. The number of ether oxygens (including phenoxy) is 1. The summed E-state index contributed by atoms with van der Waals surface area (Å²) in [7, 11) is 0. The minimum atomic E-state index is -0.406. The number of aromatic nitrogens is 2. The highest BCUT2D eigenvalue weighted by atomic mass is 32.2. The van der Waals surface area contributed by atoms with Crippen LogP contribution in [0.5, 0.6) is 0 Å². The molecular formula is C24H29N3O3S. The van der Waals surface area contributed by atoms with Gasteiger partial charge in [0.05, 0.1) is 21.8 Å². The van der Waals surface area contributed by atoms with Crippen LogP contribution in [0, 0.1) is 13.8 Å². The number of benzene rings is 2. The van der Waals surface area contributed by atoms with Gasteiger partial charge in [0.15, 0.2) is 5.16 Å². The molecular weight excluding hydrogens is 410 g/mol. The van der Waals surface area contributed by atoms with Crippen molar-refractivity contribution in [3.05, 3.63) is 63.9 Å². The summed E-state index contributed by atoms with van der Waals surface area (Å²) >= 11 is 1.29. The summed E-state index contributed by atoms with van der Waals surface area (Å²) in [5.74, 6) is -0.0866. The van der Waals surface area contributed by atoms with Gasteiger partial charge in [0.25, 0.3) is 5.56 Å². The average Bonchev–Trinajstić information content (AvgIpc) is 2.76. The van der Waals surface area contributed by atoms with Crippen molar-refractivity contribution < 1.29 is 9.53 Å². The highest BCUT2D eigenvalue weighted by Crippen LogP contribution is 2.27. The van der Waals surface area contributed by atoms with Crippen LogP contribution >= 0.6 is 11.8 Å². The van der Waals surface area contributed by atoms with Crippen molar-refractivity contribution in [2.24, 2.45) is 0 Å². The van der Waals surface area contributed by atoms with Gasteiger partial charge in [-0.05, 0) is 63.4 Å². The Bertz CT molecular complexity index is 1130. The van der Waals surface area contributed by atoms with Crippen LogP contribution in [-0.2, 0) is 9.53 Å². The molecule has 0 fully saturated rings. The third-order valence-electron chi connectivity index (χ3n) is 5.18. The number of carbonyl (C=O) groups is 1. The molecule has 6 nitrogen and oxygen atoms in total. The van der Waals surface area contributed by atoms with Gasteiger partial charge < -0.3 is 10.1 Å². The number of carbonyl (C=O) groups excluding carboxylic acids is 1. The zero-order valence-corrected chi connectivity index (χ0v) is 19.3. The SMILES string of the molecule is CCOCCCNC(=O)C(C)Sc1nc2ccccc2c(=O)n1-c1cccc(C)c1C. The molecule has 0 bridgehead atoms. The van der Waals surface area contributed by atoms with Crippen LogP contribution in [0.15, 0.2) is 52.4 Å². The van der Waals surface area contributed by atoms with E-state index in [4.69, 9.17) is 9.72 Å². The van der Waals surface area contributed by atoms with E-state index in [2.05, 4.69) is 5.32 Å². The number of aryl methyl sites for hydroxylation is 1. The summed E-state index contributed by atoms with van der Waals surface area (Å²) in [4.78, 5) is 30.8. The molecule has 7 heteroatoms. The molecule has 0 spiro atoms. The van der Waals surface area contributed by atoms with Gasteiger partial charge in [0, 0.05) is 19.8 Å². The maximum absolute atomic E-state index is 13.4. The maximum atomic E-state index is 13.4. The molecule has 0 radical (unpaired) electrons. The van der Waals surface area contributed by atoms with Crippen LogP contribution in [-0.4, -0.2) is 40.5 Å². The Morgan fingerprint density at radius 3 is 2.74 bits per heavy atom. The fourth-order valence-electron chi connectivity index (χ4n) is 3.27. The molecule has 3 aromatic rings. The van der Waals surface area contributed by atoms with E-state index in [0.29, 0.717) is 35.8 Å². The van der Waals surface area contributed by atoms with Crippen LogP contribution in [0.25, 0.3) is 16.6 Å². The van der Waals surface area contributed by atoms with E-state index in [1.165, 1.54) is 11.8 Å². The van der Waals surface area contributed by atoms with Gasteiger partial charge in [-0.25, -0.2) is 4.98 Å². The van der Waals surface area contributed by atoms with Crippen LogP contribution in [0.3, 0.4) is 0 Å². The van der Waals surface area contributed by atoms with E-state index >= 15 is 0 Å². The van der Waals surface area contributed by atoms with Crippen molar-refractivity contribution >= 4 is 28.6 Å². The summed E-state index contributed by atoms with van der Waals surface area (Å²) < 4.78 is 6.94. The van der Waals surface area contributed by atoms with E-state index in [9.17, 15) is 9.59 Å². The molecule has 0 aliphatic heterocycles. The lowest BCUT2D eigenvalue weighted by molar-refractivity contribution is -0.120. The molecule has 1 aromatic heterocycles. The molecule has 1 atom stereocenters. The van der Waals surface area contributed by atoms with Crippen LogP contribution < -0.4 is 10.9 Å². The predicted molar refractivity (Wildman–Crippen MR) is 126 cm³/mol. The molecule has 1 amide bonds. The number of amides is 1. The number of nitrogens with zero attached hydrogens (tertiary/aromatic N) is 2. The van der Waals surface area contributed by atoms with Gasteiger partial charge in [-0.3, -0.25) is 14.2 Å². The maximum Gasteiger partial charge on any atom is 0.266 e. The van der Waals surface area contributed by atoms with Gasteiger partial charge in [-0.15, -0.1) is 0 Å². The lowest BCUT2D eigenvalue weighted by Gasteiger charge is -2.18. The van der Waals surface area contributed by atoms with Crippen molar-refractivity contribution in [3.63, 3.8) is 0 Å². The Hall–Kier alpha value is -2.64. The molecule has 0 saturated heterocycles. The molecule has 0 saturated carbocycles. The van der Waals surface area contributed by atoms with E-state index in [1.54, 1.807) is 10.6 Å². The Morgan fingerprint density at radius 2 is 1.97 bits per heavy atom. The Morgan fingerprint density at radius 1 is 1.19 bits per heavy atom. The fourth-order valence-corrected chi connectivity index (χ4v) is 4.21. The number of para-hydroxylation sites is 1. The molecule has 2 aromatic carbocycles. The lowest BCUT2D eigenvalue weighted by Crippen LogP contribution is -2.33. The van der Waals surface area contributed by atoms with Crippen molar-refractivity contribution in [1.82, 2.24) is 14.9 Å². The standard InChI is InChI=1S/C24H29N3O3S/c1-5-30-15-9-14-25-22(28)18(4)31-24-26-20-12-7-6-11-19(20)23(29)27(24)21-13-8-10-16(2)17(21)3/h6-8,10-13,18H,5,9,14-15H2,1-4H3,(H,25,28). The first-order valence-electron chi connectivity index (χ1n) is 10.5. The normalized spacial score (nSPS) is 12.1. The topological polar surface area (TPSA) is 73.2 Å². The number of fused-ring (bicyclic) bond motifs is 1. The fraction of sp³-hybridized carbons (Fsp3) is 0.375. The quantitative estimate of drug-likeness (QED) is 0.310. The Labute approximate surface area is 187 Å². The van der Waals surface area contributed by atoms with Crippen molar-refractivity contribution in [2.45, 2.75) is 44.5 Å². The van der Waals surface area contributed by atoms with Crippen LogP contribution in [0.1, 0.15) is 31.4 Å². The summed E-state index contributed by atoms with van der Waals surface area (Å²) in [6.45, 7) is 9.64. The summed E-state index contributed by atoms with van der Waals surface area (Å²) in [6, 6.07) is 13.2. The van der Waals surface area contributed by atoms with Gasteiger partial charge in [-0.1, -0.05) is 36.0 Å². The molecule has 3 rings (SSSR count). The molecule has 1 N–H and O–H groups in total. The van der Waals surface area contributed by atoms with E-state index < -0.39 is 5.25 Å². The van der Waals surface area contributed by atoms with Crippen LogP contribution in [0.4, 0.5) is 0 Å². The van der Waals surface area contributed by atoms with Gasteiger partial charge in [-0.2, -0.15) is 0 Å². The molecule has 1 unspecified atom stereocenters. The first kappa shape index (κ1) is 23.0. The molecule has 0 aliphatic rings. The van der Waals surface area contributed by atoms with E-state index in [-0.39, 0.29) is 11.5 Å².